The smallest absolute Gasteiger partial charge is 0.306 e. The van der Waals surface area contributed by atoms with Crippen LogP contribution < -0.4 is 5.11 Å². The maximum absolute atomic E-state index is 12.7. The van der Waals surface area contributed by atoms with Gasteiger partial charge in [0, 0.05) is 12.8 Å². The third-order valence-electron chi connectivity index (χ3n) is 10.7. The molecule has 0 aliphatic heterocycles. The maximum Gasteiger partial charge on any atom is 0.306 e. The Morgan fingerprint density at radius 3 is 1.34 bits per heavy atom. The normalized spacial score (nSPS) is 12.9. The number of carboxylic acids is 1. The molecule has 58 heavy (non-hydrogen) atoms. The van der Waals surface area contributed by atoms with E-state index in [0.717, 1.165) is 57.8 Å². The second-order valence-corrected chi connectivity index (χ2v) is 17.8. The van der Waals surface area contributed by atoms with Gasteiger partial charge in [0.1, 0.15) is 13.2 Å². The molecule has 0 aliphatic rings. The molecule has 0 fully saturated rings. The van der Waals surface area contributed by atoms with Gasteiger partial charge in [0.2, 0.25) is 0 Å². The number of nitrogens with zero attached hydrogens (tertiary/aromatic N) is 1. The van der Waals surface area contributed by atoms with Crippen LogP contribution in [0, 0.1) is 0 Å². The zero-order valence-electron chi connectivity index (χ0n) is 38.7. The van der Waals surface area contributed by atoms with Gasteiger partial charge in [-0.2, -0.15) is 0 Å². The van der Waals surface area contributed by atoms with E-state index in [1.54, 1.807) is 0 Å². The SMILES string of the molecule is CCC/C=C\CCCCCCCC(=O)OC(COC(=O)CCCCCCCCCCCCCCCCCCCCCCCCC)COC(OCC[N+](C)(C)C)C(=O)[O-]. The highest BCUT2D eigenvalue weighted by Crippen LogP contribution is 2.16. The molecule has 0 bridgehead atoms. The summed E-state index contributed by atoms with van der Waals surface area (Å²) in [5, 5.41) is 11.7. The lowest BCUT2D eigenvalue weighted by molar-refractivity contribution is -0.870. The average molecular weight is 824 g/mol. The van der Waals surface area contributed by atoms with Gasteiger partial charge in [-0.3, -0.25) is 9.59 Å². The molecular formula is C49H93NO8. The van der Waals surface area contributed by atoms with Gasteiger partial charge in [-0.15, -0.1) is 0 Å². The number of ether oxygens (including phenoxy) is 4. The molecule has 0 saturated heterocycles. The zero-order chi connectivity index (χ0) is 42.8. The van der Waals surface area contributed by atoms with Gasteiger partial charge in [-0.25, -0.2) is 0 Å². The van der Waals surface area contributed by atoms with Gasteiger partial charge < -0.3 is 33.3 Å². The molecular weight excluding hydrogens is 731 g/mol. The van der Waals surface area contributed by atoms with Gasteiger partial charge in [-0.1, -0.05) is 193 Å². The predicted octanol–water partition coefficient (Wildman–Crippen LogP) is 11.7. The lowest BCUT2D eigenvalue weighted by atomic mass is 10.0. The average Bonchev–Trinajstić information content (AvgIpc) is 3.18. The lowest BCUT2D eigenvalue weighted by Gasteiger charge is -2.26. The molecule has 0 amide bonds. The van der Waals surface area contributed by atoms with Gasteiger partial charge >= 0.3 is 11.9 Å². The van der Waals surface area contributed by atoms with Crippen LogP contribution in [0.15, 0.2) is 12.2 Å². The molecule has 9 nitrogen and oxygen atoms in total. The van der Waals surface area contributed by atoms with Gasteiger partial charge in [0.05, 0.1) is 40.3 Å². The highest BCUT2D eigenvalue weighted by Gasteiger charge is 2.21. The molecule has 2 unspecified atom stereocenters. The number of carbonyl (C=O) groups excluding carboxylic acids is 3. The van der Waals surface area contributed by atoms with Crippen molar-refractivity contribution >= 4 is 17.9 Å². The molecule has 0 radical (unpaired) electrons. The van der Waals surface area contributed by atoms with Crippen LogP contribution in [-0.2, 0) is 33.3 Å². The van der Waals surface area contributed by atoms with Crippen LogP contribution in [0.3, 0.4) is 0 Å². The highest BCUT2D eigenvalue weighted by molar-refractivity contribution is 5.70. The second kappa shape index (κ2) is 41.8. The van der Waals surface area contributed by atoms with E-state index in [1.165, 1.54) is 135 Å². The van der Waals surface area contributed by atoms with E-state index in [2.05, 4.69) is 26.0 Å². The first-order chi connectivity index (χ1) is 28.1. The standard InChI is InChI=1S/C49H93NO8/c1-6-8-10-12-14-16-18-19-20-21-22-23-24-25-26-27-28-29-30-32-33-35-37-39-46(51)56-43-45(44-57-49(48(53)54)55-42-41-50(3,4)5)58-47(52)40-38-36-34-31-17-15-13-11-9-7-2/h11,13,45,49H,6-10,12,14-44H2,1-5H3/b13-11-. The summed E-state index contributed by atoms with van der Waals surface area (Å²) in [5.41, 5.74) is 0. The number of allylic oxidation sites excluding steroid dienone is 2. The Kier molecular flexibility index (Phi) is 40.3. The van der Waals surface area contributed by atoms with Crippen molar-refractivity contribution in [1.29, 1.82) is 0 Å². The van der Waals surface area contributed by atoms with Crippen LogP contribution in [0.25, 0.3) is 0 Å². The fourth-order valence-corrected chi connectivity index (χ4v) is 6.95. The van der Waals surface area contributed by atoms with Crippen LogP contribution >= 0.6 is 0 Å². The highest BCUT2D eigenvalue weighted by atomic mass is 16.7. The number of aliphatic carboxylic acids is 1. The third kappa shape index (κ3) is 42.2. The molecule has 2 atom stereocenters. The molecule has 0 rings (SSSR count). The second-order valence-electron chi connectivity index (χ2n) is 17.8. The summed E-state index contributed by atoms with van der Waals surface area (Å²) in [7, 11) is 5.91. The Morgan fingerprint density at radius 2 is 0.914 bits per heavy atom. The van der Waals surface area contributed by atoms with E-state index in [0.29, 0.717) is 23.9 Å². The van der Waals surface area contributed by atoms with Crippen molar-refractivity contribution in [3.8, 4) is 0 Å². The summed E-state index contributed by atoms with van der Waals surface area (Å²) in [4.78, 5) is 36.9. The molecule has 9 heteroatoms. The fraction of sp³-hybridized carbons (Fsp3) is 0.898. The van der Waals surface area contributed by atoms with Gasteiger partial charge in [0.25, 0.3) is 0 Å². The fourth-order valence-electron chi connectivity index (χ4n) is 6.95. The topological polar surface area (TPSA) is 111 Å². The largest absolute Gasteiger partial charge is 0.545 e. The van der Waals surface area contributed by atoms with Crippen molar-refractivity contribution in [2.45, 2.75) is 238 Å². The van der Waals surface area contributed by atoms with Crippen molar-refractivity contribution in [2.75, 3.05) is 47.5 Å². The Morgan fingerprint density at radius 1 is 0.500 bits per heavy atom. The monoisotopic (exact) mass is 824 g/mol. The van der Waals surface area contributed by atoms with E-state index in [-0.39, 0.29) is 32.2 Å². The zero-order valence-corrected chi connectivity index (χ0v) is 38.7. The minimum atomic E-state index is -1.62. The van der Waals surface area contributed by atoms with Crippen molar-refractivity contribution in [1.82, 2.24) is 0 Å². The molecule has 0 spiro atoms. The van der Waals surface area contributed by atoms with Crippen molar-refractivity contribution < 1.29 is 42.9 Å². The van der Waals surface area contributed by atoms with Crippen LogP contribution in [0.2, 0.25) is 0 Å². The van der Waals surface area contributed by atoms with E-state index in [9.17, 15) is 19.5 Å². The number of esters is 2. The Balaban J connectivity index is 4.18. The number of carboxylic acid groups (broad SMARTS) is 1. The molecule has 0 saturated carbocycles. The molecule has 0 aromatic rings. The molecule has 0 N–H and O–H groups in total. The Hall–Kier alpha value is -1.97. The number of rotatable bonds is 45. The summed E-state index contributed by atoms with van der Waals surface area (Å²) < 4.78 is 22.5. The minimum Gasteiger partial charge on any atom is -0.545 e. The molecule has 0 aliphatic carbocycles. The van der Waals surface area contributed by atoms with Crippen LogP contribution in [-0.4, -0.2) is 82.3 Å². The number of unbranched alkanes of at least 4 members (excludes halogenated alkanes) is 28. The van der Waals surface area contributed by atoms with Gasteiger partial charge in [-0.05, 0) is 32.1 Å². The first kappa shape index (κ1) is 56.0. The Bertz CT molecular complexity index is 965. The molecule has 0 aromatic heterocycles. The molecule has 0 aromatic carbocycles. The quantitative estimate of drug-likeness (QED) is 0.0196. The summed E-state index contributed by atoms with van der Waals surface area (Å²) in [6, 6.07) is 0. The summed E-state index contributed by atoms with van der Waals surface area (Å²) in [6.45, 7) is 4.69. The van der Waals surface area contributed by atoms with E-state index >= 15 is 0 Å². The summed E-state index contributed by atoms with van der Waals surface area (Å²) >= 11 is 0. The molecule has 342 valence electrons. The predicted molar refractivity (Wildman–Crippen MR) is 237 cm³/mol. The first-order valence-corrected chi connectivity index (χ1v) is 24.3. The Labute approximate surface area is 357 Å². The minimum absolute atomic E-state index is 0.149. The lowest BCUT2D eigenvalue weighted by Crippen LogP contribution is -2.44. The summed E-state index contributed by atoms with van der Waals surface area (Å²) in [5.74, 6) is -2.29. The van der Waals surface area contributed by atoms with Crippen LogP contribution in [0.5, 0.6) is 0 Å². The van der Waals surface area contributed by atoms with E-state index < -0.39 is 24.3 Å². The van der Waals surface area contributed by atoms with Crippen molar-refractivity contribution in [3.05, 3.63) is 12.2 Å². The molecule has 0 heterocycles. The van der Waals surface area contributed by atoms with Crippen LogP contribution in [0.1, 0.15) is 226 Å². The van der Waals surface area contributed by atoms with Crippen molar-refractivity contribution in [3.63, 3.8) is 0 Å². The van der Waals surface area contributed by atoms with Gasteiger partial charge in [0.15, 0.2) is 12.4 Å². The first-order valence-electron chi connectivity index (χ1n) is 24.3. The van der Waals surface area contributed by atoms with E-state index in [4.69, 9.17) is 18.9 Å². The van der Waals surface area contributed by atoms with Crippen molar-refractivity contribution in [2.24, 2.45) is 0 Å². The maximum atomic E-state index is 12.7. The summed E-state index contributed by atoms with van der Waals surface area (Å²) in [6.07, 6.45) is 41.2. The number of quaternary nitrogens is 1. The third-order valence-corrected chi connectivity index (χ3v) is 10.7. The van der Waals surface area contributed by atoms with E-state index in [1.807, 2.05) is 21.1 Å². The van der Waals surface area contributed by atoms with Crippen LogP contribution in [0.4, 0.5) is 0 Å². The number of carbonyl (C=O) groups is 3. The number of hydrogen-bond donors (Lipinski definition) is 0. The number of hydrogen-bond acceptors (Lipinski definition) is 8. The number of likely N-dealkylation sites (N-methyl/N-ethyl adjacent to an activating group) is 1.